The maximum absolute atomic E-state index is 6.22. The van der Waals surface area contributed by atoms with Crippen molar-refractivity contribution in [3.8, 4) is 11.3 Å². The largest absolute Gasteiger partial charge is 0.330 e. The number of nitrogens with two attached hydrogens (primary N) is 1. The molecular weight excluding hydrogens is 224 g/mol. The predicted octanol–water partition coefficient (Wildman–Crippen LogP) is 1.64. The summed E-state index contributed by atoms with van der Waals surface area (Å²) in [7, 11) is 1.89. The number of aromatic nitrogens is 3. The summed E-state index contributed by atoms with van der Waals surface area (Å²) in [5, 5.41) is 0.622. The second-order valence-corrected chi connectivity index (χ2v) is 3.86. The lowest BCUT2D eigenvalue weighted by Crippen LogP contribution is -2.07. The molecule has 2 aromatic heterocycles. The van der Waals surface area contributed by atoms with Gasteiger partial charge in [0.2, 0.25) is 0 Å². The Kier molecular flexibility index (Phi) is 3.22. The Morgan fingerprint density at radius 1 is 1.50 bits per heavy atom. The van der Waals surface area contributed by atoms with E-state index in [1.807, 2.05) is 23.7 Å². The van der Waals surface area contributed by atoms with Crippen LogP contribution in [0.1, 0.15) is 5.82 Å². The number of rotatable bonds is 3. The molecule has 0 saturated heterocycles. The van der Waals surface area contributed by atoms with Crippen molar-refractivity contribution in [2.24, 2.45) is 12.8 Å². The highest BCUT2D eigenvalue weighted by Gasteiger charge is 2.13. The van der Waals surface area contributed by atoms with E-state index in [1.165, 1.54) is 0 Å². The van der Waals surface area contributed by atoms with Crippen LogP contribution in [0, 0.1) is 0 Å². The molecule has 0 unspecified atom stereocenters. The third-order valence-electron chi connectivity index (χ3n) is 2.42. The zero-order valence-corrected chi connectivity index (χ0v) is 9.78. The Morgan fingerprint density at radius 3 is 2.94 bits per heavy atom. The van der Waals surface area contributed by atoms with Crippen molar-refractivity contribution >= 4 is 11.6 Å². The summed E-state index contributed by atoms with van der Waals surface area (Å²) >= 11 is 6.22. The first kappa shape index (κ1) is 11.1. The van der Waals surface area contributed by atoms with Crippen LogP contribution in [0.2, 0.25) is 5.15 Å². The van der Waals surface area contributed by atoms with Crippen LogP contribution in [0.3, 0.4) is 0 Å². The average molecular weight is 237 g/mol. The lowest BCUT2D eigenvalue weighted by molar-refractivity contribution is 0.778. The molecule has 84 valence electrons. The second-order valence-electron chi connectivity index (χ2n) is 3.51. The minimum atomic E-state index is 0.563. The molecule has 2 N–H and O–H groups in total. The zero-order chi connectivity index (χ0) is 11.5. The maximum Gasteiger partial charge on any atom is 0.136 e. The molecule has 0 aromatic carbocycles. The van der Waals surface area contributed by atoms with E-state index in [1.54, 1.807) is 12.4 Å². The summed E-state index contributed by atoms with van der Waals surface area (Å²) < 4.78 is 1.86. The van der Waals surface area contributed by atoms with Crippen molar-refractivity contribution in [2.45, 2.75) is 6.42 Å². The molecule has 0 atom stereocenters. The Bertz CT molecular complexity index is 478. The quantitative estimate of drug-likeness (QED) is 0.882. The first-order valence-corrected chi connectivity index (χ1v) is 5.43. The number of hydrogen-bond donors (Lipinski definition) is 1. The van der Waals surface area contributed by atoms with Gasteiger partial charge in [0.1, 0.15) is 16.7 Å². The van der Waals surface area contributed by atoms with Crippen LogP contribution in [0.5, 0.6) is 0 Å². The monoisotopic (exact) mass is 236 g/mol. The van der Waals surface area contributed by atoms with Gasteiger partial charge in [0, 0.05) is 31.4 Å². The highest BCUT2D eigenvalue weighted by molar-refractivity contribution is 6.32. The van der Waals surface area contributed by atoms with E-state index in [0.29, 0.717) is 11.7 Å². The molecule has 0 spiro atoms. The lowest BCUT2D eigenvalue weighted by atomic mass is 10.2. The van der Waals surface area contributed by atoms with Gasteiger partial charge in [0.25, 0.3) is 0 Å². The van der Waals surface area contributed by atoms with Gasteiger partial charge in [-0.2, -0.15) is 0 Å². The lowest BCUT2D eigenvalue weighted by Gasteiger charge is -1.98. The van der Waals surface area contributed by atoms with Gasteiger partial charge in [-0.25, -0.2) is 4.98 Å². The molecule has 0 aliphatic carbocycles. The fourth-order valence-corrected chi connectivity index (χ4v) is 1.81. The van der Waals surface area contributed by atoms with Crippen LogP contribution in [0.15, 0.2) is 24.5 Å². The number of halogens is 1. The van der Waals surface area contributed by atoms with E-state index in [2.05, 4.69) is 9.97 Å². The van der Waals surface area contributed by atoms with Gasteiger partial charge < -0.3 is 10.3 Å². The molecule has 0 aliphatic heterocycles. The summed E-state index contributed by atoms with van der Waals surface area (Å²) in [5.74, 6) is 0.895. The van der Waals surface area contributed by atoms with E-state index < -0.39 is 0 Å². The van der Waals surface area contributed by atoms with Gasteiger partial charge in [-0.15, -0.1) is 0 Å². The standard InChI is InChI=1S/C11H13ClN4/c1-16-9(4-5-13)15-10(11(16)12)8-3-2-6-14-7-8/h2-3,6-7H,4-5,13H2,1H3. The second kappa shape index (κ2) is 4.63. The van der Waals surface area contributed by atoms with Crippen molar-refractivity contribution in [3.63, 3.8) is 0 Å². The average Bonchev–Trinajstić information content (AvgIpc) is 2.59. The molecule has 2 heterocycles. The maximum atomic E-state index is 6.22. The Morgan fingerprint density at radius 2 is 2.31 bits per heavy atom. The van der Waals surface area contributed by atoms with Gasteiger partial charge in [0.15, 0.2) is 0 Å². The van der Waals surface area contributed by atoms with E-state index in [9.17, 15) is 0 Å². The zero-order valence-electron chi connectivity index (χ0n) is 9.02. The minimum absolute atomic E-state index is 0.563. The SMILES string of the molecule is Cn1c(CCN)nc(-c2cccnc2)c1Cl. The Labute approximate surface area is 99.1 Å². The van der Waals surface area contributed by atoms with Crippen LogP contribution in [-0.4, -0.2) is 21.1 Å². The van der Waals surface area contributed by atoms with Crippen LogP contribution in [0.25, 0.3) is 11.3 Å². The number of nitrogens with zero attached hydrogens (tertiary/aromatic N) is 3. The summed E-state index contributed by atoms with van der Waals surface area (Å²) in [6, 6.07) is 3.80. The third kappa shape index (κ3) is 1.94. The molecule has 0 aliphatic rings. The summed E-state index contributed by atoms with van der Waals surface area (Å²) in [6.07, 6.45) is 4.19. The molecule has 0 amide bonds. The third-order valence-corrected chi connectivity index (χ3v) is 2.85. The van der Waals surface area contributed by atoms with Crippen LogP contribution < -0.4 is 5.73 Å². The van der Waals surface area contributed by atoms with Gasteiger partial charge in [0.05, 0.1) is 0 Å². The molecular formula is C11H13ClN4. The van der Waals surface area contributed by atoms with Gasteiger partial charge in [-0.05, 0) is 18.7 Å². The molecule has 0 bridgehead atoms. The molecule has 16 heavy (non-hydrogen) atoms. The normalized spacial score (nSPS) is 10.7. The fourth-order valence-electron chi connectivity index (χ4n) is 1.56. The number of hydrogen-bond acceptors (Lipinski definition) is 3. The number of pyridine rings is 1. The Balaban J connectivity index is 2.46. The summed E-state index contributed by atoms with van der Waals surface area (Å²) in [4.78, 5) is 8.53. The van der Waals surface area contributed by atoms with Crippen molar-refractivity contribution in [1.29, 1.82) is 0 Å². The highest BCUT2D eigenvalue weighted by atomic mass is 35.5. The number of imidazole rings is 1. The van der Waals surface area contributed by atoms with Crippen molar-refractivity contribution in [3.05, 3.63) is 35.5 Å². The van der Waals surface area contributed by atoms with Gasteiger partial charge >= 0.3 is 0 Å². The van der Waals surface area contributed by atoms with Crippen molar-refractivity contribution < 1.29 is 0 Å². The van der Waals surface area contributed by atoms with Gasteiger partial charge in [-0.3, -0.25) is 4.98 Å². The van der Waals surface area contributed by atoms with Crippen molar-refractivity contribution in [1.82, 2.24) is 14.5 Å². The van der Waals surface area contributed by atoms with Crippen LogP contribution in [0.4, 0.5) is 0 Å². The molecule has 2 rings (SSSR count). The predicted molar refractivity (Wildman–Crippen MR) is 64.2 cm³/mol. The summed E-state index contributed by atoms with van der Waals surface area (Å²) in [6.45, 7) is 0.563. The fraction of sp³-hybridized carbons (Fsp3) is 0.273. The molecule has 0 saturated carbocycles. The van der Waals surface area contributed by atoms with Crippen LogP contribution in [-0.2, 0) is 13.5 Å². The first-order chi connectivity index (χ1) is 7.74. The molecule has 2 aromatic rings. The molecule has 0 fully saturated rings. The highest BCUT2D eigenvalue weighted by Crippen LogP contribution is 2.26. The first-order valence-electron chi connectivity index (χ1n) is 5.05. The van der Waals surface area contributed by atoms with E-state index in [0.717, 1.165) is 23.5 Å². The molecule has 0 radical (unpaired) electrons. The van der Waals surface area contributed by atoms with E-state index in [4.69, 9.17) is 17.3 Å². The van der Waals surface area contributed by atoms with Crippen LogP contribution >= 0.6 is 11.6 Å². The minimum Gasteiger partial charge on any atom is -0.330 e. The van der Waals surface area contributed by atoms with E-state index in [-0.39, 0.29) is 0 Å². The Hall–Kier alpha value is -1.39. The molecule has 4 nitrogen and oxygen atoms in total. The smallest absolute Gasteiger partial charge is 0.136 e. The summed E-state index contributed by atoms with van der Waals surface area (Å²) in [5.41, 5.74) is 7.21. The molecule has 5 heteroatoms. The van der Waals surface area contributed by atoms with Gasteiger partial charge in [-0.1, -0.05) is 11.6 Å². The van der Waals surface area contributed by atoms with E-state index >= 15 is 0 Å². The van der Waals surface area contributed by atoms with Crippen molar-refractivity contribution in [2.75, 3.05) is 6.54 Å². The topological polar surface area (TPSA) is 56.7 Å².